The maximum atomic E-state index is 4.48. The van der Waals surface area contributed by atoms with E-state index in [1.807, 2.05) is 6.92 Å². The fourth-order valence-corrected chi connectivity index (χ4v) is 2.67. The molecule has 0 atom stereocenters. The normalized spacial score (nSPS) is 15.4. The van der Waals surface area contributed by atoms with Gasteiger partial charge in [-0.15, -0.1) is 0 Å². The minimum absolute atomic E-state index is 0.544. The van der Waals surface area contributed by atoms with Crippen molar-refractivity contribution >= 4 is 17.6 Å². The first-order valence-electron chi connectivity index (χ1n) is 6.89. The Kier molecular flexibility index (Phi) is 4.20. The zero-order valence-electron chi connectivity index (χ0n) is 12.1. The van der Waals surface area contributed by atoms with Gasteiger partial charge in [0.15, 0.2) is 0 Å². The highest BCUT2D eigenvalue weighted by Gasteiger charge is 2.23. The van der Waals surface area contributed by atoms with E-state index in [4.69, 9.17) is 0 Å². The predicted octanol–water partition coefficient (Wildman–Crippen LogP) is 4.08. The second kappa shape index (κ2) is 5.87. The third-order valence-corrected chi connectivity index (χ3v) is 3.56. The topological polar surface area (TPSA) is 15.6 Å². The van der Waals surface area contributed by atoms with E-state index in [-0.39, 0.29) is 0 Å². The van der Waals surface area contributed by atoms with Crippen LogP contribution in [0.5, 0.6) is 0 Å². The molecule has 1 aromatic carbocycles. The smallest absolute Gasteiger partial charge is 0.0662 e. The summed E-state index contributed by atoms with van der Waals surface area (Å²) in [6.07, 6.45) is 6.63. The maximum absolute atomic E-state index is 4.48. The van der Waals surface area contributed by atoms with Gasteiger partial charge in [-0.3, -0.25) is 4.99 Å². The van der Waals surface area contributed by atoms with Crippen molar-refractivity contribution in [1.29, 1.82) is 0 Å². The van der Waals surface area contributed by atoms with Gasteiger partial charge < -0.3 is 4.90 Å². The Morgan fingerprint density at radius 1 is 1.42 bits per heavy atom. The SMILES string of the molecule is C=CC=N/C(=C\C)c1cccc2c1CCN2C(C)C. The lowest BCUT2D eigenvalue weighted by Gasteiger charge is -2.24. The van der Waals surface area contributed by atoms with Gasteiger partial charge in [0, 0.05) is 30.1 Å². The molecule has 0 saturated carbocycles. The van der Waals surface area contributed by atoms with Crippen molar-refractivity contribution in [2.45, 2.75) is 33.2 Å². The van der Waals surface area contributed by atoms with Crippen LogP contribution in [0.3, 0.4) is 0 Å². The standard InChI is InChI=1S/C17H22N2/c1-5-11-18-16(6-2)14-8-7-9-17-15(14)10-12-19(17)13(3)4/h5-9,11,13H,1,10,12H2,2-4H3/b16-6-,18-11?. The first kappa shape index (κ1) is 13.6. The van der Waals surface area contributed by atoms with Crippen LogP contribution in [0.2, 0.25) is 0 Å². The highest BCUT2D eigenvalue weighted by atomic mass is 15.2. The highest BCUT2D eigenvalue weighted by Crippen LogP contribution is 2.35. The summed E-state index contributed by atoms with van der Waals surface area (Å²) in [4.78, 5) is 6.94. The van der Waals surface area contributed by atoms with E-state index in [9.17, 15) is 0 Å². The van der Waals surface area contributed by atoms with Gasteiger partial charge in [-0.05, 0) is 38.8 Å². The van der Waals surface area contributed by atoms with Gasteiger partial charge in [0.25, 0.3) is 0 Å². The third kappa shape index (κ3) is 2.62. The summed E-state index contributed by atoms with van der Waals surface area (Å²) in [6, 6.07) is 7.05. The van der Waals surface area contributed by atoms with E-state index in [2.05, 4.69) is 54.6 Å². The molecule has 0 N–H and O–H groups in total. The number of anilines is 1. The third-order valence-electron chi connectivity index (χ3n) is 3.56. The van der Waals surface area contributed by atoms with Crippen molar-refractivity contribution in [2.75, 3.05) is 11.4 Å². The van der Waals surface area contributed by atoms with E-state index in [0.29, 0.717) is 6.04 Å². The maximum Gasteiger partial charge on any atom is 0.0662 e. The van der Waals surface area contributed by atoms with Crippen LogP contribution in [0.15, 0.2) is 41.9 Å². The molecule has 0 fully saturated rings. The number of hydrogen-bond donors (Lipinski definition) is 0. The molecule has 19 heavy (non-hydrogen) atoms. The molecule has 2 heteroatoms. The highest BCUT2D eigenvalue weighted by molar-refractivity contribution is 5.82. The predicted molar refractivity (Wildman–Crippen MR) is 85.0 cm³/mol. The van der Waals surface area contributed by atoms with Gasteiger partial charge in [-0.1, -0.05) is 30.9 Å². The quantitative estimate of drug-likeness (QED) is 0.739. The number of hydrogen-bond acceptors (Lipinski definition) is 2. The Balaban J connectivity index is 2.45. The lowest BCUT2D eigenvalue weighted by molar-refractivity contribution is 0.710. The molecule has 0 amide bonds. The Morgan fingerprint density at radius 3 is 2.84 bits per heavy atom. The fraction of sp³-hybridized carbons (Fsp3) is 0.353. The van der Waals surface area contributed by atoms with Gasteiger partial charge in [-0.25, -0.2) is 0 Å². The first-order chi connectivity index (χ1) is 9.19. The number of nitrogens with zero attached hydrogens (tertiary/aromatic N) is 2. The monoisotopic (exact) mass is 254 g/mol. The molecule has 0 radical (unpaired) electrons. The van der Waals surface area contributed by atoms with Crippen LogP contribution in [0, 0.1) is 0 Å². The molecule has 0 aliphatic carbocycles. The summed E-state index contributed by atoms with van der Waals surface area (Å²) in [6.45, 7) is 11.3. The summed E-state index contributed by atoms with van der Waals surface area (Å²) in [7, 11) is 0. The van der Waals surface area contributed by atoms with Crippen molar-refractivity contribution in [3.8, 4) is 0 Å². The summed E-state index contributed by atoms with van der Waals surface area (Å²) in [5.74, 6) is 0. The molecule has 0 bridgehead atoms. The van der Waals surface area contributed by atoms with Crippen LogP contribution in [0.4, 0.5) is 5.69 Å². The molecular formula is C17H22N2. The van der Waals surface area contributed by atoms with E-state index < -0.39 is 0 Å². The summed E-state index contributed by atoms with van der Waals surface area (Å²) >= 11 is 0. The van der Waals surface area contributed by atoms with E-state index >= 15 is 0 Å². The van der Waals surface area contributed by atoms with Crippen LogP contribution >= 0.6 is 0 Å². The van der Waals surface area contributed by atoms with Crippen molar-refractivity contribution in [1.82, 2.24) is 0 Å². The second-order valence-corrected chi connectivity index (χ2v) is 5.03. The minimum atomic E-state index is 0.544. The largest absolute Gasteiger partial charge is 0.369 e. The summed E-state index contributed by atoms with van der Waals surface area (Å²) in [5.41, 5.74) is 5.06. The van der Waals surface area contributed by atoms with Gasteiger partial charge >= 0.3 is 0 Å². The molecule has 0 aromatic heterocycles. The number of allylic oxidation sites excluding steroid dienone is 2. The van der Waals surface area contributed by atoms with Crippen LogP contribution in [0.1, 0.15) is 31.9 Å². The number of fused-ring (bicyclic) bond motifs is 1. The number of benzene rings is 1. The average molecular weight is 254 g/mol. The van der Waals surface area contributed by atoms with Crippen molar-refractivity contribution in [3.05, 3.63) is 48.1 Å². The second-order valence-electron chi connectivity index (χ2n) is 5.03. The Labute approximate surface area is 116 Å². The van der Waals surface area contributed by atoms with Crippen molar-refractivity contribution < 1.29 is 0 Å². The molecule has 1 aliphatic heterocycles. The molecule has 0 saturated heterocycles. The molecule has 1 aliphatic rings. The van der Waals surface area contributed by atoms with E-state index in [1.54, 1.807) is 12.3 Å². The summed E-state index contributed by atoms with van der Waals surface area (Å²) < 4.78 is 0. The molecule has 1 aromatic rings. The van der Waals surface area contributed by atoms with E-state index in [1.165, 1.54) is 16.8 Å². The van der Waals surface area contributed by atoms with Gasteiger partial charge in [0.2, 0.25) is 0 Å². The van der Waals surface area contributed by atoms with E-state index in [0.717, 1.165) is 18.7 Å². The van der Waals surface area contributed by atoms with Crippen molar-refractivity contribution in [3.63, 3.8) is 0 Å². The molecule has 100 valence electrons. The van der Waals surface area contributed by atoms with Crippen LogP contribution in [-0.2, 0) is 6.42 Å². The molecular weight excluding hydrogens is 232 g/mol. The Morgan fingerprint density at radius 2 is 2.21 bits per heavy atom. The number of rotatable bonds is 4. The molecule has 1 heterocycles. The zero-order valence-corrected chi connectivity index (χ0v) is 12.1. The van der Waals surface area contributed by atoms with Gasteiger partial charge in [0.05, 0.1) is 5.70 Å². The van der Waals surface area contributed by atoms with Gasteiger partial charge in [0.1, 0.15) is 0 Å². The number of aliphatic imine (C=N–C) groups is 1. The summed E-state index contributed by atoms with van der Waals surface area (Å²) in [5, 5.41) is 0. The average Bonchev–Trinajstić information content (AvgIpc) is 2.84. The molecule has 2 rings (SSSR count). The Hall–Kier alpha value is -1.83. The zero-order chi connectivity index (χ0) is 13.8. The fourth-order valence-electron chi connectivity index (χ4n) is 2.67. The first-order valence-corrected chi connectivity index (χ1v) is 6.89. The Bertz CT molecular complexity index is 524. The minimum Gasteiger partial charge on any atom is -0.369 e. The van der Waals surface area contributed by atoms with Gasteiger partial charge in [-0.2, -0.15) is 0 Å². The van der Waals surface area contributed by atoms with Crippen LogP contribution < -0.4 is 4.90 Å². The molecule has 0 spiro atoms. The van der Waals surface area contributed by atoms with Crippen LogP contribution in [0.25, 0.3) is 5.70 Å². The lowest BCUT2D eigenvalue weighted by atomic mass is 10.0. The van der Waals surface area contributed by atoms with Crippen molar-refractivity contribution in [2.24, 2.45) is 4.99 Å². The van der Waals surface area contributed by atoms with Crippen LogP contribution in [-0.4, -0.2) is 18.8 Å². The molecule has 2 nitrogen and oxygen atoms in total. The molecule has 0 unspecified atom stereocenters. The lowest BCUT2D eigenvalue weighted by Crippen LogP contribution is -2.28.